The minimum absolute atomic E-state index is 0.111. The van der Waals surface area contributed by atoms with Gasteiger partial charge in [-0.3, -0.25) is 4.79 Å². The fraction of sp³-hybridized carbons (Fsp3) is 0.857. The van der Waals surface area contributed by atoms with Crippen LogP contribution in [0, 0.1) is 17.8 Å². The molecule has 2 bridgehead atoms. The highest BCUT2D eigenvalue weighted by atomic mass is 16.8. The Kier molecular flexibility index (Phi) is 14.7. The highest BCUT2D eigenvalue weighted by Gasteiger charge is 2.59. The predicted octanol–water partition coefficient (Wildman–Crippen LogP) is 4.51. The number of hydrogen-bond acceptors (Lipinski definition) is 16. The number of ether oxygens (including phenoxy) is 10. The smallest absolute Gasteiger partial charge is 0.472 e. The predicted molar refractivity (Wildman–Crippen MR) is 213 cm³/mol. The van der Waals surface area contributed by atoms with Crippen molar-refractivity contribution >= 4 is 24.1 Å². The number of likely N-dealkylation sites (N-methyl/N-ethyl adjacent to an activating group) is 1. The Labute approximate surface area is 349 Å². The van der Waals surface area contributed by atoms with Crippen molar-refractivity contribution in [3.63, 3.8) is 0 Å². The molecule has 0 saturated carbocycles. The van der Waals surface area contributed by atoms with E-state index in [1.165, 1.54) is 7.11 Å². The number of carbonyl (C=O) groups excluding carboxylic acids is 3. The molecule has 59 heavy (non-hydrogen) atoms. The molecule has 0 aliphatic carbocycles. The molecule has 0 aromatic rings. The molecule has 0 spiro atoms. The number of nitrogens with zero attached hydrogens (tertiary/aromatic N) is 2. The maximum Gasteiger partial charge on any atom is 0.509 e. The number of esters is 1. The minimum atomic E-state index is -1.38. The van der Waals surface area contributed by atoms with Crippen LogP contribution < -0.4 is 5.32 Å². The van der Waals surface area contributed by atoms with Crippen molar-refractivity contribution in [1.82, 2.24) is 10.2 Å². The first-order valence-electron chi connectivity index (χ1n) is 21.0. The molecule has 18 atom stereocenters. The fourth-order valence-electron chi connectivity index (χ4n) is 9.75. The number of aliphatic imine (C=N–C) groups is 1. The van der Waals surface area contributed by atoms with E-state index in [4.69, 9.17) is 52.4 Å². The van der Waals surface area contributed by atoms with Crippen LogP contribution in [0.3, 0.4) is 0 Å². The first-order valence-corrected chi connectivity index (χ1v) is 21.0. The number of amides is 1. The van der Waals surface area contributed by atoms with Gasteiger partial charge in [0.15, 0.2) is 36.3 Å². The van der Waals surface area contributed by atoms with Gasteiger partial charge in [0.05, 0.1) is 30.3 Å². The van der Waals surface area contributed by atoms with E-state index in [2.05, 4.69) is 11.9 Å². The largest absolute Gasteiger partial charge is 0.509 e. The van der Waals surface area contributed by atoms with Gasteiger partial charge in [-0.2, -0.15) is 0 Å². The molecule has 17 nitrogen and oxygen atoms in total. The van der Waals surface area contributed by atoms with Crippen LogP contribution >= 0.6 is 0 Å². The second-order valence-electron chi connectivity index (χ2n) is 18.0. The maximum absolute atomic E-state index is 14.6. The van der Waals surface area contributed by atoms with Crippen LogP contribution in [0.4, 0.5) is 9.59 Å². The summed E-state index contributed by atoms with van der Waals surface area (Å²) >= 11 is 0. The number of aliphatic hydroxyl groups excluding tert-OH is 1. The van der Waals surface area contributed by atoms with Gasteiger partial charge >= 0.3 is 18.2 Å². The van der Waals surface area contributed by atoms with Crippen molar-refractivity contribution in [1.29, 1.82) is 0 Å². The lowest BCUT2D eigenvalue weighted by Crippen LogP contribution is -2.61. The molecule has 0 aromatic carbocycles. The SMILES string of the molecule is C=CCNC(=O)O[C@H]1[C@H](C)O[C@@H](O[C@H]2[C@H](C)[C@@H](O[C@@H]3O[C@H](C)C[C@H](N(C)C)[C@H]3O)[C@]3(C)C[C@@H](C)C(=N[C@H](C)[C@H]4OC(=O)O[C@@]4(C)[C@@H](CC)OC(=O)[C@@H]2C)O3)C[C@@]1(C)OC. The molecule has 5 rings (SSSR count). The molecule has 0 unspecified atom stereocenters. The summed E-state index contributed by atoms with van der Waals surface area (Å²) in [6.45, 7) is 22.2. The van der Waals surface area contributed by atoms with Crippen LogP contribution in [-0.4, -0.2) is 152 Å². The Balaban J connectivity index is 1.59. The molecule has 336 valence electrons. The number of cyclic esters (lactones) is 1. The van der Waals surface area contributed by atoms with Crippen LogP contribution in [0.25, 0.3) is 0 Å². The van der Waals surface area contributed by atoms with Gasteiger partial charge in [-0.05, 0) is 75.4 Å². The Morgan fingerprint density at radius 2 is 1.71 bits per heavy atom. The number of methoxy groups -OCH3 is 1. The molecule has 1 amide bonds. The molecule has 4 fully saturated rings. The molecular formula is C42H69N3O14. The lowest BCUT2D eigenvalue weighted by Gasteiger charge is -2.49. The lowest BCUT2D eigenvalue weighted by atomic mass is 9.79. The van der Waals surface area contributed by atoms with E-state index in [0.29, 0.717) is 25.2 Å². The summed E-state index contributed by atoms with van der Waals surface area (Å²) in [6, 6.07) is -0.902. The average molecular weight is 840 g/mol. The maximum atomic E-state index is 14.6. The molecule has 5 aliphatic heterocycles. The molecule has 2 N–H and O–H groups in total. The second kappa shape index (κ2) is 18.5. The van der Waals surface area contributed by atoms with Gasteiger partial charge in [0, 0.05) is 44.4 Å². The van der Waals surface area contributed by atoms with E-state index in [0.717, 1.165) is 0 Å². The number of aliphatic hydroxyl groups is 1. The van der Waals surface area contributed by atoms with Crippen LogP contribution in [-0.2, 0) is 52.2 Å². The number of fused-ring (bicyclic) bond motifs is 3. The van der Waals surface area contributed by atoms with Gasteiger partial charge in [-0.25, -0.2) is 14.6 Å². The highest BCUT2D eigenvalue weighted by Crippen LogP contribution is 2.45. The number of alkyl carbamates (subject to hydrolysis) is 1. The van der Waals surface area contributed by atoms with Crippen molar-refractivity contribution in [2.75, 3.05) is 27.7 Å². The van der Waals surface area contributed by atoms with E-state index in [-0.39, 0.29) is 31.0 Å². The van der Waals surface area contributed by atoms with Crippen LogP contribution in [0.2, 0.25) is 0 Å². The summed E-state index contributed by atoms with van der Waals surface area (Å²) in [5, 5.41) is 14.3. The molecule has 5 aliphatic rings. The average Bonchev–Trinajstić information content (AvgIpc) is 3.65. The fourth-order valence-corrected chi connectivity index (χ4v) is 9.75. The molecule has 4 saturated heterocycles. The topological polar surface area (TPSA) is 191 Å². The quantitative estimate of drug-likeness (QED) is 0.177. The molecule has 0 aromatic heterocycles. The van der Waals surface area contributed by atoms with Crippen LogP contribution in [0.1, 0.15) is 94.9 Å². The summed E-state index contributed by atoms with van der Waals surface area (Å²) in [6.07, 6.45) is -7.07. The zero-order valence-electron chi connectivity index (χ0n) is 37.1. The third-order valence-electron chi connectivity index (χ3n) is 13.0. The van der Waals surface area contributed by atoms with E-state index < -0.39 is 108 Å². The Hall–Kier alpha value is -3.06. The lowest BCUT2D eigenvalue weighted by molar-refractivity contribution is -0.315. The zero-order valence-corrected chi connectivity index (χ0v) is 37.1. The summed E-state index contributed by atoms with van der Waals surface area (Å²) in [4.78, 5) is 47.0. The number of rotatable bonds is 10. The van der Waals surface area contributed by atoms with Crippen molar-refractivity contribution in [3.8, 4) is 0 Å². The molecular weight excluding hydrogens is 770 g/mol. The summed E-state index contributed by atoms with van der Waals surface area (Å²) in [7, 11) is 5.33. The number of hydrogen-bond donors (Lipinski definition) is 2. The van der Waals surface area contributed by atoms with E-state index in [1.807, 2.05) is 67.5 Å². The monoisotopic (exact) mass is 839 g/mol. The van der Waals surface area contributed by atoms with Gasteiger partial charge in [-0.15, -0.1) is 6.58 Å². The minimum Gasteiger partial charge on any atom is -0.472 e. The zero-order chi connectivity index (χ0) is 43.8. The molecule has 5 heterocycles. The number of nitrogens with one attached hydrogen (secondary N) is 1. The van der Waals surface area contributed by atoms with Crippen molar-refractivity contribution in [2.45, 2.75) is 185 Å². The Morgan fingerprint density at radius 3 is 2.34 bits per heavy atom. The third kappa shape index (κ3) is 9.71. The highest BCUT2D eigenvalue weighted by molar-refractivity contribution is 5.81. The number of carbonyl (C=O) groups is 3. The van der Waals surface area contributed by atoms with Gasteiger partial charge < -0.3 is 62.7 Å². The second-order valence-corrected chi connectivity index (χ2v) is 18.0. The van der Waals surface area contributed by atoms with Crippen molar-refractivity contribution in [2.24, 2.45) is 22.7 Å². The van der Waals surface area contributed by atoms with Gasteiger partial charge in [0.25, 0.3) is 0 Å². The van der Waals surface area contributed by atoms with Gasteiger partial charge in [0.1, 0.15) is 29.5 Å². The Morgan fingerprint density at radius 1 is 1.02 bits per heavy atom. The molecule has 0 radical (unpaired) electrons. The summed E-state index contributed by atoms with van der Waals surface area (Å²) in [5.41, 5.74) is -3.55. The summed E-state index contributed by atoms with van der Waals surface area (Å²) in [5.74, 6) is -2.03. The first-order chi connectivity index (χ1) is 27.6. The van der Waals surface area contributed by atoms with Gasteiger partial charge in [0.2, 0.25) is 0 Å². The van der Waals surface area contributed by atoms with Crippen LogP contribution in [0.15, 0.2) is 17.6 Å². The third-order valence-corrected chi connectivity index (χ3v) is 13.0. The Bertz CT molecular complexity index is 1550. The van der Waals surface area contributed by atoms with E-state index in [1.54, 1.807) is 26.8 Å². The van der Waals surface area contributed by atoms with Gasteiger partial charge in [-0.1, -0.05) is 26.8 Å². The normalized spacial score (nSPS) is 45.5. The first kappa shape index (κ1) is 47.0. The summed E-state index contributed by atoms with van der Waals surface area (Å²) < 4.78 is 63.1. The molecule has 17 heteroatoms. The van der Waals surface area contributed by atoms with E-state index >= 15 is 0 Å². The van der Waals surface area contributed by atoms with E-state index in [9.17, 15) is 19.5 Å². The van der Waals surface area contributed by atoms with Crippen LogP contribution in [0.5, 0.6) is 0 Å². The standard InChI is InChI=1S/C42H69N3O14/c1-15-17-43-38(48)56-34-26(8)52-29(20-40(34,9)50-14)54-31-23(5)32(55-37-30(46)27(45(12)13)18-22(4)51-37)41(10)19-21(3)35(58-41)44-25(7)33-42(11,59-39(49)57-33)28(16-2)53-36(47)24(31)6/h15,21-34,37,46H,1,16-20H2,2-14H3,(H,43,48)/t21-,22-,23+,24-,25-,26+,27+,28-,29+,30-,31+,32-,33-,34+,37+,40-,41+,42+/m1/s1. The van der Waals surface area contributed by atoms with Crippen molar-refractivity contribution < 1.29 is 66.9 Å². The van der Waals surface area contributed by atoms with Crippen molar-refractivity contribution in [3.05, 3.63) is 12.7 Å².